The van der Waals surface area contributed by atoms with Crippen molar-refractivity contribution in [1.29, 1.82) is 0 Å². The highest BCUT2D eigenvalue weighted by molar-refractivity contribution is 5.79. The standard InChI is InChI=1S/C16H24N2O2/c1-12(13-6-8-15(20-3)9-7-13)17-16(19)14-5-4-10-18(2)11-14/h6-9,12,14H,4-5,10-11H2,1-3H3,(H,17,19)/t12-,14+/m1/s1. The van der Waals surface area contributed by atoms with E-state index in [1.807, 2.05) is 31.2 Å². The van der Waals surface area contributed by atoms with Crippen LogP contribution in [0.2, 0.25) is 0 Å². The van der Waals surface area contributed by atoms with Gasteiger partial charge in [0.25, 0.3) is 0 Å². The maximum absolute atomic E-state index is 12.3. The first-order chi connectivity index (χ1) is 9.60. The molecule has 0 unspecified atom stereocenters. The third kappa shape index (κ3) is 3.73. The second-order valence-corrected chi connectivity index (χ2v) is 5.60. The normalized spacial score (nSPS) is 21.2. The Kier molecular flexibility index (Phi) is 5.01. The van der Waals surface area contributed by atoms with Gasteiger partial charge >= 0.3 is 0 Å². The highest BCUT2D eigenvalue weighted by Crippen LogP contribution is 2.20. The van der Waals surface area contributed by atoms with Crippen LogP contribution in [0, 0.1) is 5.92 Å². The number of ether oxygens (including phenoxy) is 1. The van der Waals surface area contributed by atoms with E-state index in [1.54, 1.807) is 7.11 Å². The van der Waals surface area contributed by atoms with Crippen molar-refractivity contribution in [3.63, 3.8) is 0 Å². The molecule has 4 heteroatoms. The number of benzene rings is 1. The van der Waals surface area contributed by atoms with E-state index in [4.69, 9.17) is 4.74 Å². The zero-order chi connectivity index (χ0) is 14.5. The van der Waals surface area contributed by atoms with E-state index in [-0.39, 0.29) is 17.9 Å². The first-order valence-corrected chi connectivity index (χ1v) is 7.23. The van der Waals surface area contributed by atoms with Gasteiger partial charge in [0.2, 0.25) is 5.91 Å². The Balaban J connectivity index is 1.92. The topological polar surface area (TPSA) is 41.6 Å². The summed E-state index contributed by atoms with van der Waals surface area (Å²) in [6.45, 7) is 3.98. The maximum atomic E-state index is 12.3. The molecule has 1 amide bonds. The van der Waals surface area contributed by atoms with Crippen molar-refractivity contribution < 1.29 is 9.53 Å². The molecule has 4 nitrogen and oxygen atoms in total. The van der Waals surface area contributed by atoms with Crippen molar-refractivity contribution in [3.8, 4) is 5.75 Å². The van der Waals surface area contributed by atoms with E-state index in [1.165, 1.54) is 0 Å². The molecule has 1 aromatic rings. The van der Waals surface area contributed by atoms with E-state index in [0.29, 0.717) is 0 Å². The Morgan fingerprint density at radius 2 is 2.10 bits per heavy atom. The van der Waals surface area contributed by atoms with Crippen LogP contribution in [0.25, 0.3) is 0 Å². The number of nitrogens with zero attached hydrogens (tertiary/aromatic N) is 1. The fraction of sp³-hybridized carbons (Fsp3) is 0.562. The van der Waals surface area contributed by atoms with Crippen molar-refractivity contribution in [2.24, 2.45) is 5.92 Å². The lowest BCUT2D eigenvalue weighted by molar-refractivity contribution is -0.127. The number of hydrogen-bond donors (Lipinski definition) is 1. The third-order valence-corrected chi connectivity index (χ3v) is 3.97. The Labute approximate surface area is 121 Å². The number of hydrogen-bond acceptors (Lipinski definition) is 3. The molecule has 0 bridgehead atoms. The zero-order valence-electron chi connectivity index (χ0n) is 12.6. The number of carbonyl (C=O) groups is 1. The molecule has 2 atom stereocenters. The Morgan fingerprint density at radius 1 is 1.40 bits per heavy atom. The molecule has 1 aliphatic heterocycles. The molecule has 1 aromatic carbocycles. The third-order valence-electron chi connectivity index (χ3n) is 3.97. The van der Waals surface area contributed by atoms with Crippen LogP contribution < -0.4 is 10.1 Å². The van der Waals surface area contributed by atoms with Crippen molar-refractivity contribution >= 4 is 5.91 Å². The van der Waals surface area contributed by atoms with Crippen LogP contribution >= 0.6 is 0 Å². The molecule has 2 rings (SSSR count). The lowest BCUT2D eigenvalue weighted by atomic mass is 9.97. The maximum Gasteiger partial charge on any atom is 0.224 e. The quantitative estimate of drug-likeness (QED) is 0.917. The molecule has 20 heavy (non-hydrogen) atoms. The number of nitrogens with one attached hydrogen (secondary N) is 1. The lowest BCUT2D eigenvalue weighted by Crippen LogP contribution is -2.42. The van der Waals surface area contributed by atoms with Crippen LogP contribution in [0.15, 0.2) is 24.3 Å². The molecular weight excluding hydrogens is 252 g/mol. The number of likely N-dealkylation sites (tertiary alicyclic amines) is 1. The van der Waals surface area contributed by atoms with Gasteiger partial charge in [-0.15, -0.1) is 0 Å². The molecule has 1 heterocycles. The van der Waals surface area contributed by atoms with E-state index in [0.717, 1.165) is 37.2 Å². The van der Waals surface area contributed by atoms with Crippen LogP contribution in [0.1, 0.15) is 31.4 Å². The van der Waals surface area contributed by atoms with E-state index >= 15 is 0 Å². The Morgan fingerprint density at radius 3 is 2.70 bits per heavy atom. The first-order valence-electron chi connectivity index (χ1n) is 7.23. The predicted octanol–water partition coefficient (Wildman–Crippen LogP) is 2.21. The van der Waals surface area contributed by atoms with Crippen LogP contribution in [0.3, 0.4) is 0 Å². The lowest BCUT2D eigenvalue weighted by Gasteiger charge is -2.29. The summed E-state index contributed by atoms with van der Waals surface area (Å²) in [7, 11) is 3.73. The SMILES string of the molecule is COc1ccc([C@@H](C)NC(=O)[C@H]2CCCN(C)C2)cc1. The van der Waals surface area contributed by atoms with Crippen LogP contribution in [0.4, 0.5) is 0 Å². The summed E-state index contributed by atoms with van der Waals surface area (Å²) in [5, 5.41) is 3.12. The minimum absolute atomic E-state index is 0.0284. The van der Waals surface area contributed by atoms with E-state index in [9.17, 15) is 4.79 Å². The predicted molar refractivity (Wildman–Crippen MR) is 79.8 cm³/mol. The summed E-state index contributed by atoms with van der Waals surface area (Å²) in [5.74, 6) is 1.12. The number of carbonyl (C=O) groups excluding carboxylic acids is 1. The summed E-state index contributed by atoms with van der Waals surface area (Å²) < 4.78 is 5.14. The van der Waals surface area contributed by atoms with Crippen LogP contribution in [-0.2, 0) is 4.79 Å². The van der Waals surface area contributed by atoms with Crippen molar-refractivity contribution in [1.82, 2.24) is 10.2 Å². The molecule has 0 saturated carbocycles. The number of rotatable bonds is 4. The van der Waals surface area contributed by atoms with Gasteiger partial charge in [-0.05, 0) is 51.1 Å². The van der Waals surface area contributed by atoms with Crippen molar-refractivity contribution in [2.45, 2.75) is 25.8 Å². The summed E-state index contributed by atoms with van der Waals surface area (Å²) >= 11 is 0. The summed E-state index contributed by atoms with van der Waals surface area (Å²) in [5.41, 5.74) is 1.10. The van der Waals surface area contributed by atoms with Crippen molar-refractivity contribution in [3.05, 3.63) is 29.8 Å². The fourth-order valence-corrected chi connectivity index (χ4v) is 2.69. The summed E-state index contributed by atoms with van der Waals surface area (Å²) in [6.07, 6.45) is 2.09. The summed E-state index contributed by atoms with van der Waals surface area (Å²) in [6, 6.07) is 7.87. The van der Waals surface area contributed by atoms with Crippen molar-refractivity contribution in [2.75, 3.05) is 27.2 Å². The highest BCUT2D eigenvalue weighted by atomic mass is 16.5. The molecule has 0 aliphatic carbocycles. The molecule has 0 spiro atoms. The zero-order valence-corrected chi connectivity index (χ0v) is 12.6. The molecule has 1 N–H and O–H groups in total. The average Bonchev–Trinajstić information content (AvgIpc) is 2.47. The van der Waals surface area contributed by atoms with Gasteiger partial charge in [0, 0.05) is 6.54 Å². The number of amides is 1. The van der Waals surface area contributed by atoms with Crippen LogP contribution in [0.5, 0.6) is 5.75 Å². The van der Waals surface area contributed by atoms with E-state index in [2.05, 4.69) is 17.3 Å². The fourth-order valence-electron chi connectivity index (χ4n) is 2.69. The minimum Gasteiger partial charge on any atom is -0.497 e. The van der Waals surface area contributed by atoms with Gasteiger partial charge in [0.15, 0.2) is 0 Å². The number of methoxy groups -OCH3 is 1. The van der Waals surface area contributed by atoms with E-state index < -0.39 is 0 Å². The highest BCUT2D eigenvalue weighted by Gasteiger charge is 2.24. The van der Waals surface area contributed by atoms with Gasteiger partial charge in [-0.1, -0.05) is 12.1 Å². The molecule has 0 radical (unpaired) electrons. The average molecular weight is 276 g/mol. The largest absolute Gasteiger partial charge is 0.497 e. The molecule has 110 valence electrons. The Hall–Kier alpha value is -1.55. The van der Waals surface area contributed by atoms with Crippen LogP contribution in [-0.4, -0.2) is 38.1 Å². The molecule has 1 aliphatic rings. The van der Waals surface area contributed by atoms with Gasteiger partial charge in [-0.2, -0.15) is 0 Å². The van der Waals surface area contributed by atoms with Gasteiger partial charge in [0.1, 0.15) is 5.75 Å². The van der Waals surface area contributed by atoms with Gasteiger partial charge in [0.05, 0.1) is 19.1 Å². The minimum atomic E-state index is 0.0284. The number of piperidine rings is 1. The second kappa shape index (κ2) is 6.75. The summed E-state index contributed by atoms with van der Waals surface area (Å²) in [4.78, 5) is 14.5. The molecular formula is C16H24N2O2. The van der Waals surface area contributed by atoms with Gasteiger partial charge in [-0.3, -0.25) is 4.79 Å². The Bertz CT molecular complexity index is 444. The van der Waals surface area contributed by atoms with Gasteiger partial charge in [-0.25, -0.2) is 0 Å². The first kappa shape index (κ1) is 14.9. The molecule has 1 saturated heterocycles. The monoisotopic (exact) mass is 276 g/mol. The molecule has 0 aromatic heterocycles. The van der Waals surface area contributed by atoms with Gasteiger partial charge < -0.3 is 15.0 Å². The molecule has 1 fully saturated rings. The smallest absolute Gasteiger partial charge is 0.224 e. The second-order valence-electron chi connectivity index (χ2n) is 5.60.